The van der Waals surface area contributed by atoms with Crippen LogP contribution in [0.3, 0.4) is 0 Å². The molecule has 2 aromatic rings. The van der Waals surface area contributed by atoms with Crippen molar-refractivity contribution in [1.29, 1.82) is 0 Å². The second-order valence-corrected chi connectivity index (χ2v) is 7.47. The molecule has 2 heterocycles. The predicted octanol–water partition coefficient (Wildman–Crippen LogP) is 2.05. The van der Waals surface area contributed by atoms with Crippen LogP contribution in [0, 0.1) is 10.1 Å². The van der Waals surface area contributed by atoms with Gasteiger partial charge in [0.15, 0.2) is 0 Å². The standard InChI is InChI=1S/C22H22N2O8/c1-3-30-19(26)21(20(27)31-4-2)17-14-10-6-8-12-16(14)32-22(17,24(28)29)18(23-21)13-9-5-7-11-15(13)25/h5-12,17-18,23,25H,3-4H2,1-2H3/t17-,18-,22-/m0/s1. The lowest BCUT2D eigenvalue weighted by molar-refractivity contribution is -0.619. The van der Waals surface area contributed by atoms with E-state index in [0.29, 0.717) is 0 Å². The molecule has 4 rings (SSSR count). The molecule has 0 saturated carbocycles. The molecule has 0 amide bonds. The maximum atomic E-state index is 13.3. The van der Waals surface area contributed by atoms with Gasteiger partial charge in [-0.15, -0.1) is 0 Å². The first-order chi connectivity index (χ1) is 15.3. The van der Waals surface area contributed by atoms with Gasteiger partial charge in [-0.3, -0.25) is 15.4 Å². The van der Waals surface area contributed by atoms with E-state index < -0.39 is 40.1 Å². The summed E-state index contributed by atoms with van der Waals surface area (Å²) in [4.78, 5) is 38.7. The number of hydrogen-bond donors (Lipinski definition) is 2. The highest BCUT2D eigenvalue weighted by Crippen LogP contribution is 2.61. The molecule has 2 aromatic carbocycles. The number of aromatic hydroxyl groups is 1. The number of ether oxygens (including phenoxy) is 3. The van der Waals surface area contributed by atoms with E-state index in [-0.39, 0.29) is 35.8 Å². The van der Waals surface area contributed by atoms with Crippen molar-refractivity contribution >= 4 is 11.9 Å². The summed E-state index contributed by atoms with van der Waals surface area (Å²) in [6, 6.07) is 10.9. The Labute approximate surface area is 183 Å². The lowest BCUT2D eigenvalue weighted by Gasteiger charge is -2.29. The number of phenolic OH excluding ortho intramolecular Hbond substituents is 1. The minimum atomic E-state index is -2.33. The molecule has 2 aliphatic rings. The molecule has 0 bridgehead atoms. The lowest BCUT2D eigenvalue weighted by Crippen LogP contribution is -2.60. The molecule has 0 aromatic heterocycles. The molecule has 2 N–H and O–H groups in total. The van der Waals surface area contributed by atoms with Gasteiger partial charge in [0.1, 0.15) is 23.5 Å². The van der Waals surface area contributed by atoms with Gasteiger partial charge in [0, 0.05) is 11.1 Å². The molecule has 168 valence electrons. The molecule has 32 heavy (non-hydrogen) atoms. The van der Waals surface area contributed by atoms with Gasteiger partial charge >= 0.3 is 17.7 Å². The Balaban J connectivity index is 2.05. The fourth-order valence-electron chi connectivity index (χ4n) is 4.66. The second kappa shape index (κ2) is 7.79. The van der Waals surface area contributed by atoms with Crippen LogP contribution >= 0.6 is 0 Å². The number of para-hydroxylation sites is 2. The van der Waals surface area contributed by atoms with E-state index in [4.69, 9.17) is 14.2 Å². The monoisotopic (exact) mass is 442 g/mol. The fourth-order valence-corrected chi connectivity index (χ4v) is 4.66. The third kappa shape index (κ3) is 2.76. The van der Waals surface area contributed by atoms with Crippen LogP contribution in [0.15, 0.2) is 48.5 Å². The van der Waals surface area contributed by atoms with E-state index in [1.54, 1.807) is 44.2 Å². The highest BCUT2D eigenvalue weighted by molar-refractivity contribution is 6.07. The average Bonchev–Trinajstić information content (AvgIpc) is 3.27. The van der Waals surface area contributed by atoms with Crippen LogP contribution in [-0.2, 0) is 19.1 Å². The van der Waals surface area contributed by atoms with Crippen molar-refractivity contribution in [2.45, 2.75) is 37.1 Å². The van der Waals surface area contributed by atoms with E-state index in [0.717, 1.165) is 0 Å². The number of rotatable bonds is 6. The van der Waals surface area contributed by atoms with Gasteiger partial charge in [0.05, 0.1) is 18.1 Å². The molecule has 0 spiro atoms. The predicted molar refractivity (Wildman–Crippen MR) is 110 cm³/mol. The number of nitrogens with one attached hydrogen (secondary N) is 1. The minimum Gasteiger partial charge on any atom is -0.508 e. The first kappa shape index (κ1) is 21.6. The summed E-state index contributed by atoms with van der Waals surface area (Å²) >= 11 is 0. The van der Waals surface area contributed by atoms with E-state index in [9.17, 15) is 24.8 Å². The Morgan fingerprint density at radius 2 is 1.62 bits per heavy atom. The molecule has 1 saturated heterocycles. The Kier molecular flexibility index (Phi) is 5.25. The van der Waals surface area contributed by atoms with Crippen LogP contribution in [0.5, 0.6) is 11.5 Å². The smallest absolute Gasteiger partial charge is 0.392 e. The zero-order valence-electron chi connectivity index (χ0n) is 17.4. The first-order valence-corrected chi connectivity index (χ1v) is 10.2. The van der Waals surface area contributed by atoms with Gasteiger partial charge in [-0.05, 0) is 26.0 Å². The van der Waals surface area contributed by atoms with Crippen LogP contribution in [-0.4, -0.2) is 46.4 Å². The summed E-state index contributed by atoms with van der Waals surface area (Å²) < 4.78 is 16.4. The summed E-state index contributed by atoms with van der Waals surface area (Å²) in [6.45, 7) is 2.99. The topological polar surface area (TPSA) is 137 Å². The molecule has 0 radical (unpaired) electrons. The van der Waals surface area contributed by atoms with Gasteiger partial charge in [0.25, 0.3) is 0 Å². The highest BCUT2D eigenvalue weighted by Gasteiger charge is 2.82. The maximum Gasteiger partial charge on any atom is 0.392 e. The number of carbonyl (C=O) groups is 2. The number of carbonyl (C=O) groups excluding carboxylic acids is 2. The number of nitrogens with zero attached hydrogens (tertiary/aromatic N) is 1. The summed E-state index contributed by atoms with van der Waals surface area (Å²) in [5, 5.41) is 26.0. The minimum absolute atomic E-state index is 0.0659. The van der Waals surface area contributed by atoms with E-state index in [1.807, 2.05) is 0 Å². The normalized spacial score (nSPS) is 24.7. The summed E-state index contributed by atoms with van der Waals surface area (Å²) in [6.07, 6.45) is 0. The SMILES string of the molecule is CCOC(=O)C1(C(=O)OCC)N[C@@H](c2ccccc2O)[C@@]2([N+](=O)[O-])Oc3ccccc3[C@@H]12. The van der Waals surface area contributed by atoms with E-state index in [1.165, 1.54) is 18.2 Å². The number of nitro groups is 1. The molecule has 10 heteroatoms. The van der Waals surface area contributed by atoms with Crippen LogP contribution in [0.1, 0.15) is 36.9 Å². The first-order valence-electron chi connectivity index (χ1n) is 10.2. The van der Waals surface area contributed by atoms with E-state index >= 15 is 0 Å². The summed E-state index contributed by atoms with van der Waals surface area (Å²) in [5.74, 6) is -3.56. The van der Waals surface area contributed by atoms with Gasteiger partial charge in [0.2, 0.25) is 5.54 Å². The van der Waals surface area contributed by atoms with Gasteiger partial charge < -0.3 is 19.3 Å². The Morgan fingerprint density at radius 1 is 1.06 bits per heavy atom. The molecular formula is C22H22N2O8. The molecule has 10 nitrogen and oxygen atoms in total. The largest absolute Gasteiger partial charge is 0.508 e. The highest BCUT2D eigenvalue weighted by atomic mass is 16.7. The van der Waals surface area contributed by atoms with Crippen molar-refractivity contribution in [2.75, 3.05) is 13.2 Å². The van der Waals surface area contributed by atoms with Crippen LogP contribution in [0.4, 0.5) is 0 Å². The fraction of sp³-hybridized carbons (Fsp3) is 0.364. The second-order valence-electron chi connectivity index (χ2n) is 7.47. The Hall–Kier alpha value is -3.66. The van der Waals surface area contributed by atoms with Crippen molar-refractivity contribution in [2.24, 2.45) is 0 Å². The van der Waals surface area contributed by atoms with Crippen molar-refractivity contribution in [3.05, 3.63) is 69.8 Å². The van der Waals surface area contributed by atoms with Crippen molar-refractivity contribution in [1.82, 2.24) is 5.32 Å². The zero-order chi connectivity index (χ0) is 23.1. The third-order valence-corrected chi connectivity index (χ3v) is 5.86. The summed E-state index contributed by atoms with van der Waals surface area (Å²) in [5.41, 5.74) is -4.23. The maximum absolute atomic E-state index is 13.3. The lowest BCUT2D eigenvalue weighted by atomic mass is 9.76. The Bertz CT molecular complexity index is 1070. The number of hydrogen-bond acceptors (Lipinski definition) is 9. The number of benzene rings is 2. The quantitative estimate of drug-likeness (QED) is 0.298. The molecular weight excluding hydrogens is 420 g/mol. The summed E-state index contributed by atoms with van der Waals surface area (Å²) in [7, 11) is 0. The zero-order valence-corrected chi connectivity index (χ0v) is 17.4. The van der Waals surface area contributed by atoms with Crippen molar-refractivity contribution < 1.29 is 33.8 Å². The van der Waals surface area contributed by atoms with Crippen LogP contribution in [0.25, 0.3) is 0 Å². The van der Waals surface area contributed by atoms with Crippen molar-refractivity contribution in [3.8, 4) is 11.5 Å². The van der Waals surface area contributed by atoms with Gasteiger partial charge in [-0.1, -0.05) is 36.4 Å². The van der Waals surface area contributed by atoms with Crippen LogP contribution in [0.2, 0.25) is 0 Å². The number of phenols is 1. The van der Waals surface area contributed by atoms with Crippen LogP contribution < -0.4 is 10.1 Å². The van der Waals surface area contributed by atoms with Crippen molar-refractivity contribution in [3.63, 3.8) is 0 Å². The van der Waals surface area contributed by atoms with E-state index in [2.05, 4.69) is 5.32 Å². The Morgan fingerprint density at radius 3 is 2.19 bits per heavy atom. The molecule has 0 unspecified atom stereocenters. The van der Waals surface area contributed by atoms with Gasteiger partial charge in [-0.25, -0.2) is 9.59 Å². The number of fused-ring (bicyclic) bond motifs is 3. The molecule has 2 aliphatic heterocycles. The molecule has 1 fully saturated rings. The molecule has 0 aliphatic carbocycles. The average molecular weight is 442 g/mol. The number of esters is 2. The third-order valence-electron chi connectivity index (χ3n) is 5.86. The molecule has 3 atom stereocenters. The van der Waals surface area contributed by atoms with Gasteiger partial charge in [-0.2, -0.15) is 0 Å².